The molecule has 5 heteroatoms. The number of carbonyl (C=O) groups is 2. The van der Waals surface area contributed by atoms with Crippen LogP contribution < -0.4 is 10.6 Å². The maximum Gasteiger partial charge on any atom is 0.326 e. The minimum atomic E-state index is -0.982. The average molecular weight is 286 g/mol. The van der Waals surface area contributed by atoms with Crippen molar-refractivity contribution in [2.45, 2.75) is 78.3 Å². The zero-order valence-corrected chi connectivity index (χ0v) is 13.2. The molecular weight excluding hydrogens is 256 g/mol. The van der Waals surface area contributed by atoms with E-state index in [-0.39, 0.29) is 18.0 Å². The number of nitrogens with one attached hydrogen (secondary N) is 2. The highest BCUT2D eigenvalue weighted by Gasteiger charge is 2.21. The molecule has 2 unspecified atom stereocenters. The van der Waals surface area contributed by atoms with Crippen LogP contribution in [-0.2, 0) is 4.79 Å². The van der Waals surface area contributed by atoms with Gasteiger partial charge in [-0.3, -0.25) is 0 Å². The van der Waals surface area contributed by atoms with Gasteiger partial charge in [0.05, 0.1) is 0 Å². The fraction of sp³-hybridized carbons (Fsp3) is 0.867. The van der Waals surface area contributed by atoms with Crippen LogP contribution in [0.25, 0.3) is 0 Å². The molecule has 20 heavy (non-hydrogen) atoms. The molecule has 0 rings (SSSR count). The van der Waals surface area contributed by atoms with Crippen molar-refractivity contribution in [1.82, 2.24) is 10.6 Å². The second-order valence-corrected chi connectivity index (χ2v) is 5.89. The molecule has 0 saturated heterocycles. The van der Waals surface area contributed by atoms with E-state index in [1.807, 2.05) is 20.8 Å². The first-order valence-corrected chi connectivity index (χ1v) is 7.66. The zero-order valence-electron chi connectivity index (χ0n) is 13.2. The summed E-state index contributed by atoms with van der Waals surface area (Å²) in [5.74, 6) is -0.757. The molecule has 0 saturated carbocycles. The molecule has 2 amide bonds. The fourth-order valence-corrected chi connectivity index (χ4v) is 2.07. The van der Waals surface area contributed by atoms with Crippen LogP contribution in [0.15, 0.2) is 0 Å². The number of hydrogen-bond donors (Lipinski definition) is 3. The number of carboxylic acids is 1. The highest BCUT2D eigenvalue weighted by atomic mass is 16.4. The van der Waals surface area contributed by atoms with Crippen LogP contribution in [0.4, 0.5) is 4.79 Å². The Hall–Kier alpha value is -1.26. The summed E-state index contributed by atoms with van der Waals surface area (Å²) in [7, 11) is 0. The number of amides is 2. The number of carbonyl (C=O) groups excluding carboxylic acids is 1. The Morgan fingerprint density at radius 3 is 2.20 bits per heavy atom. The van der Waals surface area contributed by atoms with Gasteiger partial charge >= 0.3 is 12.0 Å². The van der Waals surface area contributed by atoms with E-state index in [0.29, 0.717) is 6.42 Å². The van der Waals surface area contributed by atoms with Crippen molar-refractivity contribution < 1.29 is 14.7 Å². The normalized spacial score (nSPS) is 13.8. The average Bonchev–Trinajstić information content (AvgIpc) is 2.33. The Balaban J connectivity index is 4.02. The third kappa shape index (κ3) is 9.64. The molecule has 0 aromatic rings. The van der Waals surface area contributed by atoms with E-state index in [1.54, 1.807) is 0 Å². The van der Waals surface area contributed by atoms with Crippen LogP contribution in [0.1, 0.15) is 66.2 Å². The van der Waals surface area contributed by atoms with Gasteiger partial charge < -0.3 is 15.7 Å². The van der Waals surface area contributed by atoms with Crippen molar-refractivity contribution in [3.05, 3.63) is 0 Å². The van der Waals surface area contributed by atoms with E-state index < -0.39 is 12.0 Å². The van der Waals surface area contributed by atoms with Gasteiger partial charge in [-0.1, -0.05) is 46.5 Å². The van der Waals surface area contributed by atoms with Crippen molar-refractivity contribution in [1.29, 1.82) is 0 Å². The molecular formula is C15H30N2O3. The van der Waals surface area contributed by atoms with Crippen LogP contribution in [0.3, 0.4) is 0 Å². The topological polar surface area (TPSA) is 78.4 Å². The summed E-state index contributed by atoms with van der Waals surface area (Å²) in [4.78, 5) is 22.8. The van der Waals surface area contributed by atoms with Crippen LogP contribution in [-0.4, -0.2) is 29.2 Å². The minimum Gasteiger partial charge on any atom is -0.480 e. The van der Waals surface area contributed by atoms with E-state index in [1.165, 1.54) is 19.3 Å². The number of aliphatic carboxylic acids is 1. The lowest BCUT2D eigenvalue weighted by molar-refractivity contribution is -0.139. The van der Waals surface area contributed by atoms with Gasteiger partial charge in [0, 0.05) is 6.04 Å². The minimum absolute atomic E-state index is 0.0698. The van der Waals surface area contributed by atoms with Crippen LogP contribution >= 0.6 is 0 Å². The van der Waals surface area contributed by atoms with E-state index >= 15 is 0 Å². The fourth-order valence-electron chi connectivity index (χ4n) is 2.07. The van der Waals surface area contributed by atoms with Crippen LogP contribution in [0.2, 0.25) is 0 Å². The third-order valence-corrected chi connectivity index (χ3v) is 3.18. The molecule has 0 bridgehead atoms. The monoisotopic (exact) mass is 286 g/mol. The highest BCUT2D eigenvalue weighted by Crippen LogP contribution is 2.06. The first-order valence-electron chi connectivity index (χ1n) is 7.66. The summed E-state index contributed by atoms with van der Waals surface area (Å²) in [5, 5.41) is 14.4. The van der Waals surface area contributed by atoms with Gasteiger partial charge in [-0.25, -0.2) is 9.59 Å². The van der Waals surface area contributed by atoms with Crippen LogP contribution in [0, 0.1) is 5.92 Å². The summed E-state index contributed by atoms with van der Waals surface area (Å²) < 4.78 is 0. The van der Waals surface area contributed by atoms with Crippen molar-refractivity contribution in [3.8, 4) is 0 Å². The Labute approximate surface area is 122 Å². The van der Waals surface area contributed by atoms with Crippen molar-refractivity contribution in [2.75, 3.05) is 0 Å². The van der Waals surface area contributed by atoms with Gasteiger partial charge in [-0.2, -0.15) is 0 Å². The maximum absolute atomic E-state index is 11.8. The lowest BCUT2D eigenvalue weighted by atomic mass is 10.0. The van der Waals surface area contributed by atoms with Gasteiger partial charge in [0.1, 0.15) is 6.04 Å². The Morgan fingerprint density at radius 1 is 1.05 bits per heavy atom. The van der Waals surface area contributed by atoms with Crippen molar-refractivity contribution in [3.63, 3.8) is 0 Å². The van der Waals surface area contributed by atoms with Gasteiger partial charge in [0.15, 0.2) is 0 Å². The molecule has 118 valence electrons. The Morgan fingerprint density at radius 2 is 1.70 bits per heavy atom. The zero-order chi connectivity index (χ0) is 15.5. The molecule has 0 aliphatic rings. The summed E-state index contributed by atoms with van der Waals surface area (Å²) in [6.45, 7) is 7.98. The highest BCUT2D eigenvalue weighted by molar-refractivity contribution is 5.82. The van der Waals surface area contributed by atoms with Crippen molar-refractivity contribution >= 4 is 12.0 Å². The first-order chi connectivity index (χ1) is 9.36. The lowest BCUT2D eigenvalue weighted by Gasteiger charge is -2.19. The van der Waals surface area contributed by atoms with Crippen LogP contribution in [0.5, 0.6) is 0 Å². The standard InChI is InChI=1S/C15H30N2O3/c1-5-6-7-8-9-12(4)16-15(20)17-13(14(18)19)10-11(2)3/h11-13H,5-10H2,1-4H3,(H,18,19)(H2,16,17,20). The molecule has 0 fully saturated rings. The van der Waals surface area contributed by atoms with E-state index in [2.05, 4.69) is 17.6 Å². The molecule has 0 aromatic carbocycles. The van der Waals surface area contributed by atoms with E-state index in [9.17, 15) is 9.59 Å². The second kappa shape index (κ2) is 10.5. The van der Waals surface area contributed by atoms with Gasteiger partial charge in [0.2, 0.25) is 0 Å². The number of hydrogen-bond acceptors (Lipinski definition) is 2. The largest absolute Gasteiger partial charge is 0.480 e. The van der Waals surface area contributed by atoms with E-state index in [4.69, 9.17) is 5.11 Å². The molecule has 0 heterocycles. The van der Waals surface area contributed by atoms with Gasteiger partial charge in [0.25, 0.3) is 0 Å². The molecule has 2 atom stereocenters. The lowest BCUT2D eigenvalue weighted by Crippen LogP contribution is -2.48. The summed E-state index contributed by atoms with van der Waals surface area (Å²) in [6, 6.07) is -1.14. The summed E-state index contributed by atoms with van der Waals surface area (Å²) in [6.07, 6.45) is 6.04. The molecule has 0 radical (unpaired) electrons. The molecule has 0 spiro atoms. The van der Waals surface area contributed by atoms with E-state index in [0.717, 1.165) is 12.8 Å². The molecule has 5 nitrogen and oxygen atoms in total. The molecule has 0 aliphatic heterocycles. The number of rotatable bonds is 10. The molecule has 3 N–H and O–H groups in total. The van der Waals surface area contributed by atoms with Crippen molar-refractivity contribution in [2.24, 2.45) is 5.92 Å². The second-order valence-electron chi connectivity index (χ2n) is 5.89. The predicted molar refractivity (Wildman–Crippen MR) is 80.8 cm³/mol. The quantitative estimate of drug-likeness (QED) is 0.540. The molecule has 0 aromatic heterocycles. The molecule has 0 aliphatic carbocycles. The number of urea groups is 1. The first kappa shape index (κ1) is 18.7. The predicted octanol–water partition coefficient (Wildman–Crippen LogP) is 3.14. The van der Waals surface area contributed by atoms with Gasteiger partial charge in [-0.15, -0.1) is 0 Å². The van der Waals surface area contributed by atoms with Gasteiger partial charge in [-0.05, 0) is 25.7 Å². The SMILES string of the molecule is CCCCCCC(C)NC(=O)NC(CC(C)C)C(=O)O. The summed E-state index contributed by atoms with van der Waals surface area (Å²) in [5.41, 5.74) is 0. The Kier molecular flexibility index (Phi) is 9.86. The Bertz CT molecular complexity index is 293. The number of unbranched alkanes of at least 4 members (excludes halogenated alkanes) is 3. The maximum atomic E-state index is 11.8. The smallest absolute Gasteiger partial charge is 0.326 e. The third-order valence-electron chi connectivity index (χ3n) is 3.18. The summed E-state index contributed by atoms with van der Waals surface area (Å²) >= 11 is 0. The number of carboxylic acid groups (broad SMARTS) is 1.